The van der Waals surface area contributed by atoms with Gasteiger partial charge >= 0.3 is 0 Å². The van der Waals surface area contributed by atoms with Gasteiger partial charge in [-0.1, -0.05) is 135 Å². The van der Waals surface area contributed by atoms with Crippen LogP contribution in [0.5, 0.6) is 0 Å². The molecule has 1 aliphatic rings. The molecule has 6 aromatic carbocycles. The Labute approximate surface area is 272 Å². The highest BCUT2D eigenvalue weighted by Gasteiger charge is 2.38. The summed E-state index contributed by atoms with van der Waals surface area (Å²) in [6.45, 7) is 9.34. The molecule has 2 N–H and O–H groups in total. The fraction of sp³-hybridized carbons (Fsp3) is 0.163. The molecule has 1 aliphatic carbocycles. The Kier molecular flexibility index (Phi) is 7.42. The van der Waals surface area contributed by atoms with E-state index in [4.69, 9.17) is 5.73 Å². The lowest BCUT2D eigenvalue weighted by Gasteiger charge is -2.35. The lowest BCUT2D eigenvalue weighted by molar-refractivity contribution is 0.657. The first kappa shape index (κ1) is 29.2. The fourth-order valence-electron chi connectivity index (χ4n) is 7.33. The predicted molar refractivity (Wildman–Crippen MR) is 193 cm³/mol. The van der Waals surface area contributed by atoms with Gasteiger partial charge in [0, 0.05) is 27.2 Å². The van der Waals surface area contributed by atoms with Crippen molar-refractivity contribution >= 4 is 17.4 Å². The molecule has 7 rings (SSSR count). The van der Waals surface area contributed by atoms with Crippen molar-refractivity contribution in [3.63, 3.8) is 0 Å². The van der Waals surface area contributed by atoms with Crippen molar-refractivity contribution in [2.24, 2.45) is 0 Å². The molecule has 0 heterocycles. The summed E-state index contributed by atoms with van der Waals surface area (Å²) in [5, 5.41) is 0. The van der Waals surface area contributed by atoms with Crippen LogP contribution in [0.25, 0.3) is 22.3 Å². The van der Waals surface area contributed by atoms with Crippen molar-refractivity contribution < 1.29 is 0 Å². The Morgan fingerprint density at radius 3 is 2.04 bits per heavy atom. The summed E-state index contributed by atoms with van der Waals surface area (Å²) in [5.41, 5.74) is 21.2. The Bertz CT molecular complexity index is 2020. The van der Waals surface area contributed by atoms with E-state index < -0.39 is 0 Å². The van der Waals surface area contributed by atoms with E-state index in [0.717, 1.165) is 16.3 Å². The van der Waals surface area contributed by atoms with Crippen molar-refractivity contribution in [3.05, 3.63) is 178 Å². The highest BCUT2D eigenvalue weighted by atomic mass is 32.2. The van der Waals surface area contributed by atoms with Gasteiger partial charge in [-0.2, -0.15) is 0 Å². The summed E-state index contributed by atoms with van der Waals surface area (Å²) in [7, 11) is 0. The van der Waals surface area contributed by atoms with Gasteiger partial charge in [0.2, 0.25) is 0 Å². The topological polar surface area (TPSA) is 26.0 Å². The van der Waals surface area contributed by atoms with Crippen LogP contribution in [0.4, 0.5) is 5.69 Å². The molecule has 1 unspecified atom stereocenters. The van der Waals surface area contributed by atoms with Gasteiger partial charge in [-0.05, 0) is 93.2 Å². The molecule has 0 bridgehead atoms. The minimum atomic E-state index is -0.375. The van der Waals surface area contributed by atoms with Gasteiger partial charge in [0.25, 0.3) is 0 Å². The summed E-state index contributed by atoms with van der Waals surface area (Å²) < 4.78 is 0. The Balaban J connectivity index is 1.34. The number of para-hydroxylation sites is 1. The van der Waals surface area contributed by atoms with E-state index in [2.05, 4.69) is 149 Å². The molecular weight excluding hydrogens is 563 g/mol. The second kappa shape index (κ2) is 11.4. The van der Waals surface area contributed by atoms with E-state index in [9.17, 15) is 0 Å². The molecule has 0 saturated carbocycles. The maximum absolute atomic E-state index is 6.21. The molecule has 0 saturated heterocycles. The highest BCUT2D eigenvalue weighted by molar-refractivity contribution is 7.98. The second-order valence-corrected chi connectivity index (χ2v) is 14.0. The van der Waals surface area contributed by atoms with Crippen molar-refractivity contribution in [1.82, 2.24) is 0 Å². The second-order valence-electron chi connectivity index (χ2n) is 12.9. The van der Waals surface area contributed by atoms with E-state index in [1.807, 2.05) is 18.2 Å². The molecule has 222 valence electrons. The smallest absolute Gasteiger partial charge is 0.0452 e. The first-order chi connectivity index (χ1) is 21.8. The van der Waals surface area contributed by atoms with Gasteiger partial charge in [-0.15, -0.1) is 11.8 Å². The number of nitrogen functional groups attached to an aromatic ring is 1. The SMILES string of the molecule is Cc1cc(CSc2ccccc2N)ccc1-c1ccccc1C(C)(c1ccccc1)c1ccc2c(c1)-c1ccccc1C2(C)C. The third-order valence-corrected chi connectivity index (χ3v) is 11.0. The average Bonchev–Trinajstić information content (AvgIpc) is 3.30. The molecule has 0 radical (unpaired) electrons. The summed E-state index contributed by atoms with van der Waals surface area (Å²) >= 11 is 1.79. The van der Waals surface area contributed by atoms with Gasteiger partial charge in [-0.25, -0.2) is 0 Å². The summed E-state index contributed by atoms with van der Waals surface area (Å²) in [4.78, 5) is 1.13. The van der Waals surface area contributed by atoms with Crippen LogP contribution in [0.2, 0.25) is 0 Å². The maximum Gasteiger partial charge on any atom is 0.0452 e. The molecule has 0 aliphatic heterocycles. The Morgan fingerprint density at radius 2 is 1.27 bits per heavy atom. The van der Waals surface area contributed by atoms with Crippen LogP contribution in [-0.2, 0) is 16.6 Å². The number of fused-ring (bicyclic) bond motifs is 3. The Morgan fingerprint density at radius 1 is 0.600 bits per heavy atom. The minimum Gasteiger partial charge on any atom is -0.398 e. The molecule has 0 amide bonds. The first-order valence-electron chi connectivity index (χ1n) is 15.8. The van der Waals surface area contributed by atoms with Gasteiger partial charge in [0.15, 0.2) is 0 Å². The number of benzene rings is 6. The predicted octanol–water partition coefficient (Wildman–Crippen LogP) is 11.2. The van der Waals surface area contributed by atoms with Crippen molar-refractivity contribution in [2.45, 2.75) is 49.2 Å². The zero-order chi connectivity index (χ0) is 31.2. The standard InChI is InChI=1S/C43H39NS/c1-29-26-30(28-45-41-21-13-12-20-40(41)44)22-24-33(29)34-16-9-11-19-39(34)43(4,31-14-6-5-7-15-31)32-23-25-38-36(27-32)35-17-8-10-18-37(35)42(38,2)3/h5-27H,28,44H2,1-4H3. The number of hydrogen-bond donors (Lipinski definition) is 1. The van der Waals surface area contributed by atoms with E-state index >= 15 is 0 Å². The van der Waals surface area contributed by atoms with Crippen molar-refractivity contribution in [2.75, 3.05) is 5.73 Å². The van der Waals surface area contributed by atoms with Crippen LogP contribution in [-0.4, -0.2) is 0 Å². The maximum atomic E-state index is 6.21. The van der Waals surface area contributed by atoms with Crippen LogP contribution in [0, 0.1) is 6.92 Å². The summed E-state index contributed by atoms with van der Waals surface area (Å²) in [6, 6.07) is 51.2. The summed E-state index contributed by atoms with van der Waals surface area (Å²) in [6.07, 6.45) is 0. The quantitative estimate of drug-likeness (QED) is 0.112. The zero-order valence-corrected chi connectivity index (χ0v) is 27.3. The number of aryl methyl sites for hydroxylation is 1. The van der Waals surface area contributed by atoms with Gasteiger partial charge in [0.1, 0.15) is 0 Å². The van der Waals surface area contributed by atoms with E-state index in [1.165, 1.54) is 61.2 Å². The third-order valence-electron chi connectivity index (χ3n) is 9.87. The molecule has 1 nitrogen and oxygen atoms in total. The number of hydrogen-bond acceptors (Lipinski definition) is 2. The largest absolute Gasteiger partial charge is 0.398 e. The van der Waals surface area contributed by atoms with Gasteiger partial charge < -0.3 is 5.73 Å². The van der Waals surface area contributed by atoms with Crippen LogP contribution < -0.4 is 5.73 Å². The van der Waals surface area contributed by atoms with Crippen LogP contribution in [0.3, 0.4) is 0 Å². The van der Waals surface area contributed by atoms with Crippen LogP contribution in [0.15, 0.2) is 144 Å². The lowest BCUT2D eigenvalue weighted by atomic mass is 9.68. The first-order valence-corrected chi connectivity index (χ1v) is 16.7. The molecule has 2 heteroatoms. The molecule has 1 atom stereocenters. The molecule has 0 aromatic heterocycles. The molecule has 0 fully saturated rings. The van der Waals surface area contributed by atoms with Gasteiger partial charge in [-0.3, -0.25) is 0 Å². The summed E-state index contributed by atoms with van der Waals surface area (Å²) in [5.74, 6) is 0.881. The number of thioether (sulfide) groups is 1. The average molecular weight is 602 g/mol. The van der Waals surface area contributed by atoms with Crippen LogP contribution >= 0.6 is 11.8 Å². The number of anilines is 1. The van der Waals surface area contributed by atoms with Crippen LogP contribution in [0.1, 0.15) is 59.7 Å². The lowest BCUT2D eigenvalue weighted by Crippen LogP contribution is -2.26. The fourth-order valence-corrected chi connectivity index (χ4v) is 8.24. The number of nitrogens with two attached hydrogens (primary N) is 1. The number of rotatable bonds is 7. The van der Waals surface area contributed by atoms with Gasteiger partial charge in [0.05, 0.1) is 0 Å². The molecule has 0 spiro atoms. The monoisotopic (exact) mass is 601 g/mol. The normalized spacial score (nSPS) is 14.4. The molecular formula is C43H39NS. The highest BCUT2D eigenvalue weighted by Crippen LogP contribution is 2.51. The van der Waals surface area contributed by atoms with E-state index in [1.54, 1.807) is 11.8 Å². The third kappa shape index (κ3) is 4.98. The van der Waals surface area contributed by atoms with E-state index in [0.29, 0.717) is 0 Å². The zero-order valence-electron chi connectivity index (χ0n) is 26.5. The Hall–Kier alpha value is -4.53. The van der Waals surface area contributed by atoms with E-state index in [-0.39, 0.29) is 10.8 Å². The molecule has 6 aromatic rings. The van der Waals surface area contributed by atoms with Crippen molar-refractivity contribution in [3.8, 4) is 22.3 Å². The minimum absolute atomic E-state index is 0.0190. The van der Waals surface area contributed by atoms with Crippen molar-refractivity contribution in [1.29, 1.82) is 0 Å². The molecule has 45 heavy (non-hydrogen) atoms.